The summed E-state index contributed by atoms with van der Waals surface area (Å²) in [6.45, 7) is 4.54. The molecule has 11 heavy (non-hydrogen) atoms. The fraction of sp³-hybridized carbons (Fsp3) is 1.00. The molecule has 1 N–H and O–H groups in total. The maximum atomic E-state index is 8.42. The molecule has 1 saturated carbocycles. The van der Waals surface area contributed by atoms with Crippen LogP contribution in [0.5, 0.6) is 0 Å². The Labute approximate surface area is 68.5 Å². The molecule has 1 aliphatic carbocycles. The molecule has 0 aromatic carbocycles. The van der Waals surface area contributed by atoms with Crippen molar-refractivity contribution in [2.24, 2.45) is 11.8 Å². The Bertz CT molecular complexity index is 104. The van der Waals surface area contributed by atoms with Gasteiger partial charge in [0.25, 0.3) is 0 Å². The molecular weight excluding hydrogens is 140 g/mol. The average molecular weight is 158 g/mol. The minimum atomic E-state index is 0.116. The summed E-state index contributed by atoms with van der Waals surface area (Å²) in [6, 6.07) is 0. The molecule has 0 aliphatic heterocycles. The molecule has 0 atom stereocenters. The summed E-state index contributed by atoms with van der Waals surface area (Å²) < 4.78 is 0. The van der Waals surface area contributed by atoms with Crippen molar-refractivity contribution < 1.29 is 10.1 Å². The zero-order chi connectivity index (χ0) is 8.27. The second-order valence-corrected chi connectivity index (χ2v) is 3.89. The largest absolute Gasteiger partial charge is 0.252 e. The molecule has 1 fully saturated rings. The minimum absolute atomic E-state index is 0.116. The van der Waals surface area contributed by atoms with Crippen LogP contribution in [0.25, 0.3) is 0 Å². The van der Waals surface area contributed by atoms with Crippen LogP contribution in [0.4, 0.5) is 0 Å². The first-order chi connectivity index (χ1) is 5.24. The van der Waals surface area contributed by atoms with E-state index < -0.39 is 0 Å². The second kappa shape index (κ2) is 4.07. The first-order valence-electron chi connectivity index (χ1n) is 4.54. The average Bonchev–Trinajstić information content (AvgIpc) is 2.05. The van der Waals surface area contributed by atoms with Gasteiger partial charge in [-0.1, -0.05) is 13.8 Å². The topological polar surface area (TPSA) is 29.5 Å². The first kappa shape index (κ1) is 9.01. The SMILES string of the molecule is CC(C)C1CCC(OO)CC1. The minimum Gasteiger partial charge on any atom is -0.252 e. The second-order valence-electron chi connectivity index (χ2n) is 3.89. The Morgan fingerprint density at radius 3 is 2.09 bits per heavy atom. The zero-order valence-corrected chi connectivity index (χ0v) is 7.42. The molecule has 0 unspecified atom stereocenters. The maximum absolute atomic E-state index is 8.42. The molecule has 0 bridgehead atoms. The summed E-state index contributed by atoms with van der Waals surface area (Å²) in [6.07, 6.45) is 4.59. The lowest BCUT2D eigenvalue weighted by Gasteiger charge is -2.28. The van der Waals surface area contributed by atoms with Crippen LogP contribution in [-0.4, -0.2) is 11.4 Å². The molecule has 0 heterocycles. The smallest absolute Gasteiger partial charge is 0.0927 e. The van der Waals surface area contributed by atoms with Crippen molar-refractivity contribution in [1.29, 1.82) is 0 Å². The standard InChI is InChI=1S/C9H18O2/c1-7(2)8-3-5-9(11-10)6-4-8/h7-10H,3-6H2,1-2H3. The quantitative estimate of drug-likeness (QED) is 0.494. The monoisotopic (exact) mass is 158 g/mol. The number of hydrogen-bond donors (Lipinski definition) is 1. The van der Waals surface area contributed by atoms with Crippen LogP contribution in [0, 0.1) is 11.8 Å². The van der Waals surface area contributed by atoms with Crippen molar-refractivity contribution in [2.75, 3.05) is 0 Å². The Kier molecular flexibility index (Phi) is 3.34. The summed E-state index contributed by atoms with van der Waals surface area (Å²) in [7, 11) is 0. The third kappa shape index (κ3) is 2.46. The highest BCUT2D eigenvalue weighted by molar-refractivity contribution is 4.73. The van der Waals surface area contributed by atoms with Crippen LogP contribution in [0.2, 0.25) is 0 Å². The van der Waals surface area contributed by atoms with Gasteiger partial charge in [-0.2, -0.15) is 0 Å². The Morgan fingerprint density at radius 1 is 1.18 bits per heavy atom. The van der Waals surface area contributed by atoms with Crippen LogP contribution in [0.3, 0.4) is 0 Å². The highest BCUT2D eigenvalue weighted by atomic mass is 17.1. The molecule has 66 valence electrons. The van der Waals surface area contributed by atoms with E-state index in [2.05, 4.69) is 18.7 Å². The number of rotatable bonds is 2. The van der Waals surface area contributed by atoms with Crippen LogP contribution < -0.4 is 0 Å². The molecular formula is C9H18O2. The van der Waals surface area contributed by atoms with Gasteiger partial charge in [-0.15, -0.1) is 0 Å². The number of hydrogen-bond acceptors (Lipinski definition) is 2. The fourth-order valence-corrected chi connectivity index (χ4v) is 1.86. The van der Waals surface area contributed by atoms with E-state index in [4.69, 9.17) is 5.26 Å². The van der Waals surface area contributed by atoms with Crippen LogP contribution in [-0.2, 0) is 4.89 Å². The van der Waals surface area contributed by atoms with Crippen LogP contribution in [0.1, 0.15) is 39.5 Å². The molecule has 0 aromatic heterocycles. The van der Waals surface area contributed by atoms with Crippen LogP contribution >= 0.6 is 0 Å². The predicted molar refractivity (Wildman–Crippen MR) is 44.3 cm³/mol. The van der Waals surface area contributed by atoms with Crippen molar-refractivity contribution in [1.82, 2.24) is 0 Å². The normalized spacial score (nSPS) is 32.7. The van der Waals surface area contributed by atoms with Crippen molar-refractivity contribution in [2.45, 2.75) is 45.6 Å². The highest BCUT2D eigenvalue weighted by Crippen LogP contribution is 2.30. The lowest BCUT2D eigenvalue weighted by atomic mass is 9.81. The van der Waals surface area contributed by atoms with Gasteiger partial charge in [-0.05, 0) is 37.5 Å². The lowest BCUT2D eigenvalue weighted by Crippen LogP contribution is -2.23. The fourth-order valence-electron chi connectivity index (χ4n) is 1.86. The van der Waals surface area contributed by atoms with E-state index in [0.29, 0.717) is 0 Å². The van der Waals surface area contributed by atoms with E-state index in [0.717, 1.165) is 24.7 Å². The summed E-state index contributed by atoms with van der Waals surface area (Å²) in [5.74, 6) is 1.64. The molecule has 2 heteroatoms. The van der Waals surface area contributed by atoms with E-state index in [1.54, 1.807) is 0 Å². The molecule has 0 amide bonds. The van der Waals surface area contributed by atoms with Crippen molar-refractivity contribution >= 4 is 0 Å². The van der Waals surface area contributed by atoms with Gasteiger partial charge >= 0.3 is 0 Å². The van der Waals surface area contributed by atoms with Crippen molar-refractivity contribution in [3.8, 4) is 0 Å². The van der Waals surface area contributed by atoms with Gasteiger partial charge in [0.15, 0.2) is 0 Å². The van der Waals surface area contributed by atoms with E-state index in [1.807, 2.05) is 0 Å². The molecule has 2 nitrogen and oxygen atoms in total. The maximum Gasteiger partial charge on any atom is 0.0927 e. The predicted octanol–water partition coefficient (Wildman–Crippen LogP) is 2.69. The van der Waals surface area contributed by atoms with Crippen LogP contribution in [0.15, 0.2) is 0 Å². The van der Waals surface area contributed by atoms with E-state index in [-0.39, 0.29) is 6.10 Å². The van der Waals surface area contributed by atoms with E-state index in [9.17, 15) is 0 Å². The highest BCUT2D eigenvalue weighted by Gasteiger charge is 2.23. The summed E-state index contributed by atoms with van der Waals surface area (Å²) >= 11 is 0. The Balaban J connectivity index is 2.24. The van der Waals surface area contributed by atoms with Gasteiger partial charge in [0, 0.05) is 0 Å². The van der Waals surface area contributed by atoms with E-state index in [1.165, 1.54) is 12.8 Å². The third-order valence-corrected chi connectivity index (χ3v) is 2.81. The van der Waals surface area contributed by atoms with Gasteiger partial charge in [0.05, 0.1) is 6.10 Å². The molecule has 0 aromatic rings. The summed E-state index contributed by atoms with van der Waals surface area (Å²) in [5, 5.41) is 8.42. The van der Waals surface area contributed by atoms with E-state index >= 15 is 0 Å². The van der Waals surface area contributed by atoms with Gasteiger partial charge in [0.1, 0.15) is 0 Å². The van der Waals surface area contributed by atoms with Gasteiger partial charge in [0.2, 0.25) is 0 Å². The lowest BCUT2D eigenvalue weighted by molar-refractivity contribution is -0.285. The first-order valence-corrected chi connectivity index (χ1v) is 4.54. The molecule has 1 rings (SSSR count). The van der Waals surface area contributed by atoms with Crippen molar-refractivity contribution in [3.63, 3.8) is 0 Å². The molecule has 0 saturated heterocycles. The van der Waals surface area contributed by atoms with Crippen molar-refractivity contribution in [3.05, 3.63) is 0 Å². The van der Waals surface area contributed by atoms with Gasteiger partial charge in [-0.3, -0.25) is 5.26 Å². The Hall–Kier alpha value is -0.0800. The molecule has 0 radical (unpaired) electrons. The zero-order valence-electron chi connectivity index (χ0n) is 7.42. The molecule has 1 aliphatic rings. The van der Waals surface area contributed by atoms with Gasteiger partial charge in [-0.25, -0.2) is 4.89 Å². The third-order valence-electron chi connectivity index (χ3n) is 2.81. The van der Waals surface area contributed by atoms with Gasteiger partial charge < -0.3 is 0 Å². The Morgan fingerprint density at radius 2 is 1.73 bits per heavy atom. The summed E-state index contributed by atoms with van der Waals surface area (Å²) in [4.78, 5) is 4.32. The molecule has 0 spiro atoms. The summed E-state index contributed by atoms with van der Waals surface area (Å²) in [5.41, 5.74) is 0.